The molecular weight excluding hydrogens is 272 g/mol. The highest BCUT2D eigenvalue weighted by atomic mass is 79.9. The lowest BCUT2D eigenvalue weighted by Crippen LogP contribution is -2.29. The molecule has 1 aliphatic heterocycles. The van der Waals surface area contributed by atoms with Crippen molar-refractivity contribution in [3.05, 3.63) is 17.0 Å². The maximum Gasteiger partial charge on any atom is 0.222 e. The van der Waals surface area contributed by atoms with Gasteiger partial charge in [0.25, 0.3) is 0 Å². The molecule has 1 amide bonds. The fraction of sp³-hybridized carbons (Fsp3) is 0.500. The summed E-state index contributed by atoms with van der Waals surface area (Å²) in [4.78, 5) is 21.4. The van der Waals surface area contributed by atoms with Crippen molar-refractivity contribution in [3.8, 4) is 0 Å². The van der Waals surface area contributed by atoms with Gasteiger partial charge in [-0.1, -0.05) is 6.92 Å². The van der Waals surface area contributed by atoms with Crippen LogP contribution < -0.4 is 10.6 Å². The van der Waals surface area contributed by atoms with Crippen LogP contribution >= 0.6 is 15.9 Å². The molecule has 2 atom stereocenters. The Morgan fingerprint density at radius 3 is 2.94 bits per heavy atom. The Hall–Kier alpha value is -1.17. The average molecular weight is 285 g/mol. The van der Waals surface area contributed by atoms with Gasteiger partial charge in [-0.15, -0.1) is 0 Å². The Balaban J connectivity index is 2.20. The predicted octanol–water partition coefficient (Wildman–Crippen LogP) is 0.797. The van der Waals surface area contributed by atoms with E-state index in [1.54, 1.807) is 6.20 Å². The molecule has 6 heteroatoms. The maximum atomic E-state index is 11.2. The molecule has 0 saturated carbocycles. The van der Waals surface area contributed by atoms with E-state index in [9.17, 15) is 4.79 Å². The first kappa shape index (κ1) is 11.3. The molecule has 86 valence electrons. The van der Waals surface area contributed by atoms with Gasteiger partial charge in [0.05, 0.1) is 10.4 Å². The van der Waals surface area contributed by atoms with Gasteiger partial charge < -0.3 is 10.6 Å². The van der Waals surface area contributed by atoms with Crippen LogP contribution in [0, 0.1) is 11.8 Å². The van der Waals surface area contributed by atoms with Gasteiger partial charge in [0.2, 0.25) is 5.91 Å². The van der Waals surface area contributed by atoms with Crippen LogP contribution in [0.1, 0.15) is 6.92 Å². The van der Waals surface area contributed by atoms with Crippen LogP contribution in [-0.4, -0.2) is 29.0 Å². The van der Waals surface area contributed by atoms with E-state index in [0.717, 1.165) is 16.8 Å². The number of anilines is 1. The van der Waals surface area contributed by atoms with Gasteiger partial charge >= 0.3 is 0 Å². The monoisotopic (exact) mass is 284 g/mol. The number of aromatic nitrogens is 2. The third-order valence-electron chi connectivity index (χ3n) is 2.93. The summed E-state index contributed by atoms with van der Waals surface area (Å²) >= 11 is 3.40. The van der Waals surface area contributed by atoms with Crippen LogP contribution in [0.2, 0.25) is 0 Å². The minimum Gasteiger partial charge on any atom is -0.369 e. The number of nitrogens with two attached hydrogens (primary N) is 1. The quantitative estimate of drug-likeness (QED) is 0.872. The largest absolute Gasteiger partial charge is 0.369 e. The van der Waals surface area contributed by atoms with Gasteiger partial charge in [0.15, 0.2) is 0 Å². The van der Waals surface area contributed by atoms with Gasteiger partial charge in [-0.05, 0) is 21.8 Å². The van der Waals surface area contributed by atoms with E-state index in [2.05, 4.69) is 30.8 Å². The molecule has 0 aromatic carbocycles. The molecule has 1 fully saturated rings. The highest BCUT2D eigenvalue weighted by Crippen LogP contribution is 2.30. The Labute approximate surface area is 102 Å². The molecule has 2 rings (SSSR count). The van der Waals surface area contributed by atoms with E-state index in [4.69, 9.17) is 5.73 Å². The van der Waals surface area contributed by atoms with Gasteiger partial charge in [-0.2, -0.15) is 0 Å². The second-order valence-electron chi connectivity index (χ2n) is 4.09. The van der Waals surface area contributed by atoms with Crippen LogP contribution in [-0.2, 0) is 4.79 Å². The summed E-state index contributed by atoms with van der Waals surface area (Å²) in [6, 6.07) is 0. The number of carbonyl (C=O) groups is 1. The molecule has 0 aliphatic carbocycles. The third kappa shape index (κ3) is 2.02. The summed E-state index contributed by atoms with van der Waals surface area (Å²) in [5.41, 5.74) is 5.36. The smallest absolute Gasteiger partial charge is 0.222 e. The van der Waals surface area contributed by atoms with Crippen molar-refractivity contribution in [2.45, 2.75) is 6.92 Å². The topological polar surface area (TPSA) is 72.1 Å². The van der Waals surface area contributed by atoms with Crippen molar-refractivity contribution in [2.24, 2.45) is 17.6 Å². The number of hydrogen-bond donors (Lipinski definition) is 1. The van der Waals surface area contributed by atoms with E-state index in [1.807, 2.05) is 6.92 Å². The first-order valence-corrected chi connectivity index (χ1v) is 5.88. The van der Waals surface area contributed by atoms with E-state index < -0.39 is 0 Å². The highest BCUT2D eigenvalue weighted by molar-refractivity contribution is 9.10. The van der Waals surface area contributed by atoms with Crippen molar-refractivity contribution in [2.75, 3.05) is 18.0 Å². The standard InChI is InChI=1S/C10H13BrN4O/c1-6-3-15(4-7(6)9(12)16)10-8(11)2-13-5-14-10/h2,5-7H,3-4H2,1H3,(H2,12,16)/t6-,7-/m1/s1. The van der Waals surface area contributed by atoms with Gasteiger partial charge in [0, 0.05) is 19.3 Å². The third-order valence-corrected chi connectivity index (χ3v) is 3.48. The molecule has 2 heterocycles. The Morgan fingerprint density at radius 1 is 1.62 bits per heavy atom. The lowest BCUT2D eigenvalue weighted by atomic mass is 9.98. The maximum absolute atomic E-state index is 11.2. The van der Waals surface area contributed by atoms with E-state index in [1.165, 1.54) is 6.33 Å². The van der Waals surface area contributed by atoms with Crippen molar-refractivity contribution in [1.29, 1.82) is 0 Å². The van der Waals surface area contributed by atoms with Crippen LogP contribution in [0.4, 0.5) is 5.82 Å². The summed E-state index contributed by atoms with van der Waals surface area (Å²) in [6.07, 6.45) is 3.20. The highest BCUT2D eigenvalue weighted by Gasteiger charge is 2.34. The number of amides is 1. The molecule has 1 aromatic heterocycles. The molecule has 1 aliphatic rings. The summed E-state index contributed by atoms with van der Waals surface area (Å²) in [5.74, 6) is 0.756. The van der Waals surface area contributed by atoms with Crippen LogP contribution in [0.3, 0.4) is 0 Å². The fourth-order valence-corrected chi connectivity index (χ4v) is 2.52. The van der Waals surface area contributed by atoms with Crippen molar-refractivity contribution >= 4 is 27.7 Å². The Bertz CT molecular complexity index is 412. The molecular formula is C10H13BrN4O. The van der Waals surface area contributed by atoms with Crippen LogP contribution in [0.25, 0.3) is 0 Å². The molecule has 0 radical (unpaired) electrons. The number of nitrogens with zero attached hydrogens (tertiary/aromatic N) is 3. The van der Waals surface area contributed by atoms with Crippen molar-refractivity contribution < 1.29 is 4.79 Å². The molecule has 0 unspecified atom stereocenters. The second kappa shape index (κ2) is 4.37. The number of hydrogen-bond acceptors (Lipinski definition) is 4. The number of rotatable bonds is 2. The first-order chi connectivity index (χ1) is 7.59. The summed E-state index contributed by atoms with van der Waals surface area (Å²) in [5, 5.41) is 0. The number of halogens is 1. The van der Waals surface area contributed by atoms with Gasteiger partial charge in [-0.25, -0.2) is 9.97 Å². The van der Waals surface area contributed by atoms with Crippen molar-refractivity contribution in [3.63, 3.8) is 0 Å². The molecule has 0 spiro atoms. The first-order valence-electron chi connectivity index (χ1n) is 5.09. The predicted molar refractivity (Wildman–Crippen MR) is 63.8 cm³/mol. The number of carbonyl (C=O) groups excluding carboxylic acids is 1. The lowest BCUT2D eigenvalue weighted by Gasteiger charge is -2.17. The van der Waals surface area contributed by atoms with E-state index >= 15 is 0 Å². The minimum atomic E-state index is -0.236. The molecule has 0 bridgehead atoms. The lowest BCUT2D eigenvalue weighted by molar-refractivity contribution is -0.122. The average Bonchev–Trinajstić information content (AvgIpc) is 2.61. The summed E-state index contributed by atoms with van der Waals surface area (Å²) in [7, 11) is 0. The van der Waals surface area contributed by atoms with Gasteiger partial charge in [0.1, 0.15) is 12.1 Å². The Kier molecular flexibility index (Phi) is 3.09. The fourth-order valence-electron chi connectivity index (χ4n) is 2.05. The molecule has 5 nitrogen and oxygen atoms in total. The molecule has 2 N–H and O–H groups in total. The van der Waals surface area contributed by atoms with Crippen LogP contribution in [0.5, 0.6) is 0 Å². The van der Waals surface area contributed by atoms with Gasteiger partial charge in [-0.3, -0.25) is 4.79 Å². The normalized spacial score (nSPS) is 24.8. The zero-order valence-corrected chi connectivity index (χ0v) is 10.5. The Morgan fingerprint density at radius 2 is 2.38 bits per heavy atom. The van der Waals surface area contributed by atoms with Crippen LogP contribution in [0.15, 0.2) is 17.0 Å². The molecule has 1 aromatic rings. The minimum absolute atomic E-state index is 0.0955. The molecule has 16 heavy (non-hydrogen) atoms. The SMILES string of the molecule is C[C@@H]1CN(c2ncncc2Br)C[C@H]1C(N)=O. The second-order valence-corrected chi connectivity index (χ2v) is 4.94. The summed E-state index contributed by atoms with van der Waals surface area (Å²) < 4.78 is 0.840. The van der Waals surface area contributed by atoms with E-state index in [0.29, 0.717) is 6.54 Å². The number of primary amides is 1. The van der Waals surface area contributed by atoms with Crippen molar-refractivity contribution in [1.82, 2.24) is 9.97 Å². The summed E-state index contributed by atoms with van der Waals surface area (Å²) in [6.45, 7) is 3.46. The zero-order chi connectivity index (χ0) is 11.7. The molecule has 1 saturated heterocycles. The van der Waals surface area contributed by atoms with E-state index in [-0.39, 0.29) is 17.7 Å². The zero-order valence-electron chi connectivity index (χ0n) is 8.93.